The van der Waals surface area contributed by atoms with E-state index in [9.17, 15) is 0 Å². The predicted molar refractivity (Wildman–Crippen MR) is 63.8 cm³/mol. The molecule has 0 aliphatic heterocycles. The van der Waals surface area contributed by atoms with Crippen molar-refractivity contribution in [2.24, 2.45) is 13.0 Å². The Hall–Kier alpha value is -0.830. The van der Waals surface area contributed by atoms with E-state index >= 15 is 0 Å². The van der Waals surface area contributed by atoms with Gasteiger partial charge in [0.2, 0.25) is 0 Å². The Labute approximate surface area is 92.9 Å². The minimum absolute atomic E-state index is 0.621. The summed E-state index contributed by atoms with van der Waals surface area (Å²) < 4.78 is 1.87. The summed E-state index contributed by atoms with van der Waals surface area (Å²) >= 11 is 0. The topological polar surface area (TPSA) is 29.9 Å². The molecule has 1 atom stereocenters. The number of nitrogens with one attached hydrogen (secondary N) is 1. The maximum atomic E-state index is 4.18. The second-order valence-corrected chi connectivity index (χ2v) is 4.47. The lowest BCUT2D eigenvalue weighted by Gasteiger charge is -2.21. The van der Waals surface area contributed by atoms with Crippen molar-refractivity contribution in [3.05, 3.63) is 18.0 Å². The molecule has 1 unspecified atom stereocenters. The summed E-state index contributed by atoms with van der Waals surface area (Å²) in [6.45, 7) is 7.77. The number of nitrogens with zero attached hydrogens (tertiary/aromatic N) is 2. The maximum absolute atomic E-state index is 4.18. The smallest absolute Gasteiger partial charge is 0.0521 e. The summed E-state index contributed by atoms with van der Waals surface area (Å²) in [6.07, 6.45) is 6.37. The Bertz CT molecular complexity index is 278. The van der Waals surface area contributed by atoms with Gasteiger partial charge in [0.15, 0.2) is 0 Å². The summed E-state index contributed by atoms with van der Waals surface area (Å²) in [4.78, 5) is 0. The van der Waals surface area contributed by atoms with Gasteiger partial charge in [-0.25, -0.2) is 0 Å². The number of hydrogen-bond donors (Lipinski definition) is 1. The van der Waals surface area contributed by atoms with Crippen LogP contribution in [0.15, 0.2) is 12.4 Å². The van der Waals surface area contributed by atoms with Crippen molar-refractivity contribution in [1.29, 1.82) is 0 Å². The molecule has 0 bridgehead atoms. The average molecular weight is 209 g/mol. The molecular weight excluding hydrogens is 186 g/mol. The molecule has 0 fully saturated rings. The maximum Gasteiger partial charge on any atom is 0.0521 e. The summed E-state index contributed by atoms with van der Waals surface area (Å²) in [7, 11) is 1.97. The van der Waals surface area contributed by atoms with E-state index in [2.05, 4.69) is 37.4 Å². The molecule has 1 rings (SSSR count). The summed E-state index contributed by atoms with van der Waals surface area (Å²) in [5.74, 6) is 0.696. The first-order valence-electron chi connectivity index (χ1n) is 5.84. The van der Waals surface area contributed by atoms with Crippen LogP contribution < -0.4 is 5.32 Å². The first-order chi connectivity index (χ1) is 7.13. The van der Waals surface area contributed by atoms with Crippen LogP contribution in [0.25, 0.3) is 0 Å². The second-order valence-electron chi connectivity index (χ2n) is 4.47. The zero-order valence-corrected chi connectivity index (χ0v) is 10.3. The van der Waals surface area contributed by atoms with E-state index in [4.69, 9.17) is 0 Å². The van der Waals surface area contributed by atoms with Crippen LogP contribution in [0.1, 0.15) is 32.8 Å². The SMILES string of the molecule is CCNC(CCc1cnn(C)c1)C(C)C. The molecule has 1 aromatic heterocycles. The Morgan fingerprint density at radius 1 is 1.47 bits per heavy atom. The fraction of sp³-hybridized carbons (Fsp3) is 0.750. The second kappa shape index (κ2) is 5.91. The van der Waals surface area contributed by atoms with Crippen LogP contribution >= 0.6 is 0 Å². The van der Waals surface area contributed by atoms with Gasteiger partial charge in [0, 0.05) is 19.3 Å². The minimum atomic E-state index is 0.621. The quantitative estimate of drug-likeness (QED) is 0.776. The summed E-state index contributed by atoms with van der Waals surface area (Å²) in [5, 5.41) is 7.71. The number of aromatic nitrogens is 2. The van der Waals surface area contributed by atoms with Crippen LogP contribution in [0.2, 0.25) is 0 Å². The summed E-state index contributed by atoms with van der Waals surface area (Å²) in [6, 6.07) is 0.621. The Kier molecular flexibility index (Phi) is 4.82. The van der Waals surface area contributed by atoms with Gasteiger partial charge >= 0.3 is 0 Å². The molecule has 15 heavy (non-hydrogen) atoms. The fourth-order valence-corrected chi connectivity index (χ4v) is 1.86. The number of rotatable bonds is 6. The lowest BCUT2D eigenvalue weighted by Crippen LogP contribution is -2.34. The highest BCUT2D eigenvalue weighted by atomic mass is 15.2. The molecule has 0 saturated carbocycles. The van der Waals surface area contributed by atoms with E-state index in [-0.39, 0.29) is 0 Å². The molecule has 3 heteroatoms. The molecule has 0 spiro atoms. The molecule has 86 valence electrons. The minimum Gasteiger partial charge on any atom is -0.314 e. The van der Waals surface area contributed by atoms with Crippen molar-refractivity contribution in [3.63, 3.8) is 0 Å². The van der Waals surface area contributed by atoms with E-state index in [1.807, 2.05) is 17.9 Å². The zero-order valence-electron chi connectivity index (χ0n) is 10.3. The largest absolute Gasteiger partial charge is 0.314 e. The highest BCUT2D eigenvalue weighted by molar-refractivity contribution is 5.04. The lowest BCUT2D eigenvalue weighted by atomic mass is 9.98. The molecule has 1 heterocycles. The first kappa shape index (κ1) is 12.2. The third-order valence-corrected chi connectivity index (χ3v) is 2.77. The molecule has 0 saturated heterocycles. The molecule has 0 amide bonds. The molecule has 0 aliphatic rings. The van der Waals surface area contributed by atoms with E-state index in [1.54, 1.807) is 0 Å². The molecule has 0 aliphatic carbocycles. The van der Waals surface area contributed by atoms with E-state index in [0.717, 1.165) is 13.0 Å². The molecule has 1 aromatic rings. The van der Waals surface area contributed by atoms with Crippen LogP contribution in [-0.4, -0.2) is 22.4 Å². The van der Waals surface area contributed by atoms with E-state index in [1.165, 1.54) is 12.0 Å². The van der Waals surface area contributed by atoms with Crippen LogP contribution in [0, 0.1) is 5.92 Å². The van der Waals surface area contributed by atoms with Crippen LogP contribution in [0.4, 0.5) is 0 Å². The van der Waals surface area contributed by atoms with Gasteiger partial charge in [0.25, 0.3) is 0 Å². The number of hydrogen-bond acceptors (Lipinski definition) is 2. The van der Waals surface area contributed by atoms with Crippen LogP contribution in [-0.2, 0) is 13.5 Å². The van der Waals surface area contributed by atoms with Gasteiger partial charge < -0.3 is 5.32 Å². The number of aryl methyl sites for hydroxylation is 2. The third kappa shape index (κ3) is 4.04. The van der Waals surface area contributed by atoms with E-state index in [0.29, 0.717) is 12.0 Å². The zero-order chi connectivity index (χ0) is 11.3. The highest BCUT2D eigenvalue weighted by Crippen LogP contribution is 2.10. The van der Waals surface area contributed by atoms with Crippen LogP contribution in [0.5, 0.6) is 0 Å². The monoisotopic (exact) mass is 209 g/mol. The first-order valence-corrected chi connectivity index (χ1v) is 5.84. The van der Waals surface area contributed by atoms with Gasteiger partial charge in [-0.1, -0.05) is 20.8 Å². The van der Waals surface area contributed by atoms with Gasteiger partial charge in [-0.3, -0.25) is 4.68 Å². The van der Waals surface area contributed by atoms with Crippen molar-refractivity contribution in [2.45, 2.75) is 39.7 Å². The van der Waals surface area contributed by atoms with Crippen molar-refractivity contribution >= 4 is 0 Å². The van der Waals surface area contributed by atoms with Gasteiger partial charge in [0.05, 0.1) is 6.20 Å². The van der Waals surface area contributed by atoms with Gasteiger partial charge in [-0.05, 0) is 30.9 Å². The standard InChI is InChI=1S/C12H23N3/c1-5-13-12(10(2)3)7-6-11-8-14-15(4)9-11/h8-10,12-13H,5-7H2,1-4H3. The molecule has 1 N–H and O–H groups in total. The van der Waals surface area contributed by atoms with Crippen molar-refractivity contribution in [2.75, 3.05) is 6.54 Å². The van der Waals surface area contributed by atoms with E-state index < -0.39 is 0 Å². The molecule has 3 nitrogen and oxygen atoms in total. The van der Waals surface area contributed by atoms with Crippen molar-refractivity contribution in [3.8, 4) is 0 Å². The highest BCUT2D eigenvalue weighted by Gasteiger charge is 2.11. The molecular formula is C12H23N3. The van der Waals surface area contributed by atoms with Crippen molar-refractivity contribution in [1.82, 2.24) is 15.1 Å². The van der Waals surface area contributed by atoms with Gasteiger partial charge in [-0.2, -0.15) is 5.10 Å². The lowest BCUT2D eigenvalue weighted by molar-refractivity contribution is 0.385. The summed E-state index contributed by atoms with van der Waals surface area (Å²) in [5.41, 5.74) is 1.33. The average Bonchev–Trinajstić information content (AvgIpc) is 2.58. The Balaban J connectivity index is 2.39. The van der Waals surface area contributed by atoms with Crippen molar-refractivity contribution < 1.29 is 0 Å². The fourth-order valence-electron chi connectivity index (χ4n) is 1.86. The normalized spacial score (nSPS) is 13.4. The Morgan fingerprint density at radius 3 is 2.67 bits per heavy atom. The molecule has 0 aromatic carbocycles. The van der Waals surface area contributed by atoms with Gasteiger partial charge in [0.1, 0.15) is 0 Å². The Morgan fingerprint density at radius 2 is 2.20 bits per heavy atom. The molecule has 0 radical (unpaired) electrons. The van der Waals surface area contributed by atoms with Crippen LogP contribution in [0.3, 0.4) is 0 Å². The third-order valence-electron chi connectivity index (χ3n) is 2.77. The van der Waals surface area contributed by atoms with Gasteiger partial charge in [-0.15, -0.1) is 0 Å². The predicted octanol–water partition coefficient (Wildman–Crippen LogP) is 1.99.